The molecule has 2 aromatic rings. The molecular formula is C17H17F2NO6S. The van der Waals surface area contributed by atoms with Crippen molar-refractivity contribution in [2.45, 2.75) is 24.3 Å². The van der Waals surface area contributed by atoms with Crippen molar-refractivity contribution in [3.05, 3.63) is 48.0 Å². The first-order chi connectivity index (χ1) is 12.7. The third-order valence-corrected chi connectivity index (χ3v) is 4.89. The number of carboxylic acid groups (broad SMARTS) is 1. The number of hydrogen-bond acceptors (Lipinski definition) is 5. The summed E-state index contributed by atoms with van der Waals surface area (Å²) in [4.78, 5) is 10.5. The highest BCUT2D eigenvalue weighted by atomic mass is 32.2. The molecule has 0 aliphatic rings. The summed E-state index contributed by atoms with van der Waals surface area (Å²) in [5.41, 5.74) is 0.690. The number of aliphatic carboxylic acids is 1. The van der Waals surface area contributed by atoms with Crippen LogP contribution in [-0.4, -0.2) is 33.2 Å². The maximum absolute atomic E-state index is 12.5. The summed E-state index contributed by atoms with van der Waals surface area (Å²) in [6.07, 6.45) is 0.207. The lowest BCUT2D eigenvalue weighted by Crippen LogP contribution is -2.13. The van der Waals surface area contributed by atoms with Crippen LogP contribution in [0.2, 0.25) is 0 Å². The minimum Gasteiger partial charge on any atom is -0.493 e. The number of anilines is 1. The number of rotatable bonds is 9. The molecule has 2 N–H and O–H groups in total. The second kappa shape index (κ2) is 8.67. The molecule has 0 aliphatic heterocycles. The molecule has 0 saturated heterocycles. The summed E-state index contributed by atoms with van der Waals surface area (Å²) < 4.78 is 61.3. The summed E-state index contributed by atoms with van der Waals surface area (Å²) in [5.74, 6) is -1.23. The monoisotopic (exact) mass is 401 g/mol. The zero-order valence-electron chi connectivity index (χ0n) is 14.2. The number of hydrogen-bond donors (Lipinski definition) is 2. The van der Waals surface area contributed by atoms with Crippen LogP contribution in [0.15, 0.2) is 47.4 Å². The largest absolute Gasteiger partial charge is 0.493 e. The normalized spacial score (nSPS) is 11.3. The van der Waals surface area contributed by atoms with Gasteiger partial charge in [0.1, 0.15) is 0 Å². The Morgan fingerprint density at radius 1 is 1.15 bits per heavy atom. The fourth-order valence-electron chi connectivity index (χ4n) is 2.23. The van der Waals surface area contributed by atoms with Crippen LogP contribution in [0, 0.1) is 0 Å². The molecule has 2 rings (SSSR count). The van der Waals surface area contributed by atoms with Crippen LogP contribution >= 0.6 is 0 Å². The Labute approximate surface area is 154 Å². The van der Waals surface area contributed by atoms with Crippen LogP contribution in [0.4, 0.5) is 14.5 Å². The van der Waals surface area contributed by atoms with Gasteiger partial charge in [-0.25, -0.2) is 8.42 Å². The third kappa shape index (κ3) is 5.81. The van der Waals surface area contributed by atoms with Crippen molar-refractivity contribution in [3.8, 4) is 11.5 Å². The Kier molecular flexibility index (Phi) is 6.56. The van der Waals surface area contributed by atoms with Crippen LogP contribution in [0.1, 0.15) is 12.0 Å². The average Bonchev–Trinajstić information content (AvgIpc) is 2.60. The van der Waals surface area contributed by atoms with Gasteiger partial charge in [0.15, 0.2) is 11.5 Å². The quantitative estimate of drug-likeness (QED) is 0.669. The van der Waals surface area contributed by atoms with E-state index in [0.717, 1.165) is 6.07 Å². The number of nitrogens with one attached hydrogen (secondary N) is 1. The number of benzene rings is 2. The highest BCUT2D eigenvalue weighted by Crippen LogP contribution is 2.32. The number of methoxy groups -OCH3 is 1. The van der Waals surface area contributed by atoms with Gasteiger partial charge in [0.25, 0.3) is 10.0 Å². The van der Waals surface area contributed by atoms with E-state index in [0.29, 0.717) is 5.56 Å². The minimum atomic E-state index is -3.98. The van der Waals surface area contributed by atoms with Gasteiger partial charge in [0.05, 0.1) is 17.7 Å². The summed E-state index contributed by atoms with van der Waals surface area (Å²) in [6, 6.07) is 9.41. The Morgan fingerprint density at radius 2 is 1.81 bits per heavy atom. The molecule has 0 unspecified atom stereocenters. The topological polar surface area (TPSA) is 102 Å². The Balaban J connectivity index is 2.19. The standard InChI is InChI=1S/C17H17F2NO6S/c1-25-14-8-5-12(10-15(14)26-17(18)19)20-27(23,24)13-6-2-11(3-7-13)4-9-16(21)22/h2-3,5-8,10,17,20H,4,9H2,1H3,(H,21,22). The van der Waals surface area contributed by atoms with Crippen LogP contribution in [0.25, 0.3) is 0 Å². The van der Waals surface area contributed by atoms with Gasteiger partial charge in [0, 0.05) is 12.5 Å². The van der Waals surface area contributed by atoms with Crippen LogP contribution < -0.4 is 14.2 Å². The average molecular weight is 401 g/mol. The Hall–Kier alpha value is -2.88. The molecule has 0 fully saturated rings. The summed E-state index contributed by atoms with van der Waals surface area (Å²) in [7, 11) is -2.71. The maximum atomic E-state index is 12.5. The summed E-state index contributed by atoms with van der Waals surface area (Å²) in [6.45, 7) is -3.09. The first-order valence-corrected chi connectivity index (χ1v) is 9.16. The Morgan fingerprint density at radius 3 is 2.37 bits per heavy atom. The number of sulfonamides is 1. The van der Waals surface area contributed by atoms with E-state index in [1.54, 1.807) is 0 Å². The number of carbonyl (C=O) groups is 1. The minimum absolute atomic E-state index is 0.0152. The van der Waals surface area contributed by atoms with Gasteiger partial charge in [0.2, 0.25) is 0 Å². The van der Waals surface area contributed by atoms with E-state index in [1.807, 2.05) is 0 Å². The molecule has 7 nitrogen and oxygen atoms in total. The predicted octanol–water partition coefficient (Wildman–Crippen LogP) is 3.11. The lowest BCUT2D eigenvalue weighted by molar-refractivity contribution is -0.136. The molecule has 0 radical (unpaired) electrons. The number of carboxylic acids is 1. The van der Waals surface area contributed by atoms with Crippen LogP contribution in [0.3, 0.4) is 0 Å². The zero-order valence-corrected chi connectivity index (χ0v) is 15.0. The van der Waals surface area contributed by atoms with Gasteiger partial charge in [-0.1, -0.05) is 12.1 Å². The van der Waals surface area contributed by atoms with E-state index in [4.69, 9.17) is 9.84 Å². The molecular weight excluding hydrogens is 384 g/mol. The summed E-state index contributed by atoms with van der Waals surface area (Å²) in [5, 5.41) is 8.67. The Bertz CT molecular complexity index is 900. The molecule has 0 heterocycles. The van der Waals surface area contributed by atoms with Gasteiger partial charge >= 0.3 is 12.6 Å². The second-order valence-corrected chi connectivity index (χ2v) is 7.07. The number of alkyl halides is 2. The van der Waals surface area contributed by atoms with E-state index in [-0.39, 0.29) is 34.9 Å². The van der Waals surface area contributed by atoms with Gasteiger partial charge in [-0.3, -0.25) is 9.52 Å². The second-order valence-electron chi connectivity index (χ2n) is 5.39. The number of aryl methyl sites for hydroxylation is 1. The smallest absolute Gasteiger partial charge is 0.387 e. The first kappa shape index (κ1) is 20.4. The SMILES string of the molecule is COc1ccc(NS(=O)(=O)c2ccc(CCC(=O)O)cc2)cc1OC(F)F. The zero-order chi connectivity index (χ0) is 20.0. The van der Waals surface area contributed by atoms with E-state index in [9.17, 15) is 22.0 Å². The number of ether oxygens (including phenoxy) is 2. The van der Waals surface area contributed by atoms with E-state index < -0.39 is 22.6 Å². The van der Waals surface area contributed by atoms with Gasteiger partial charge in [-0.05, 0) is 36.2 Å². The molecule has 146 valence electrons. The highest BCUT2D eigenvalue weighted by molar-refractivity contribution is 7.92. The van der Waals surface area contributed by atoms with Crippen molar-refractivity contribution < 1.29 is 36.6 Å². The summed E-state index contributed by atoms with van der Waals surface area (Å²) >= 11 is 0. The van der Waals surface area contributed by atoms with Gasteiger partial charge in [-0.15, -0.1) is 0 Å². The fraction of sp³-hybridized carbons (Fsp3) is 0.235. The molecule has 27 heavy (non-hydrogen) atoms. The van der Waals surface area contributed by atoms with Crippen LogP contribution in [-0.2, 0) is 21.2 Å². The predicted molar refractivity (Wildman–Crippen MR) is 92.8 cm³/mol. The van der Waals surface area contributed by atoms with Crippen molar-refractivity contribution in [3.63, 3.8) is 0 Å². The van der Waals surface area contributed by atoms with Crippen molar-refractivity contribution in [2.24, 2.45) is 0 Å². The molecule has 0 amide bonds. The van der Waals surface area contributed by atoms with Gasteiger partial charge < -0.3 is 14.6 Å². The van der Waals surface area contributed by atoms with Crippen molar-refractivity contribution >= 4 is 21.7 Å². The van der Waals surface area contributed by atoms with E-state index in [2.05, 4.69) is 9.46 Å². The number of halogens is 2. The fourth-order valence-corrected chi connectivity index (χ4v) is 3.28. The molecule has 0 aromatic heterocycles. The molecule has 2 aromatic carbocycles. The van der Waals surface area contributed by atoms with E-state index in [1.165, 1.54) is 43.5 Å². The lowest BCUT2D eigenvalue weighted by Gasteiger charge is -2.13. The molecule has 0 aliphatic carbocycles. The van der Waals surface area contributed by atoms with Crippen molar-refractivity contribution in [1.29, 1.82) is 0 Å². The van der Waals surface area contributed by atoms with Crippen LogP contribution in [0.5, 0.6) is 11.5 Å². The van der Waals surface area contributed by atoms with E-state index >= 15 is 0 Å². The molecule has 0 saturated carbocycles. The van der Waals surface area contributed by atoms with Gasteiger partial charge in [-0.2, -0.15) is 8.78 Å². The molecule has 0 atom stereocenters. The molecule has 10 heteroatoms. The van der Waals surface area contributed by atoms with Crippen molar-refractivity contribution in [1.82, 2.24) is 0 Å². The maximum Gasteiger partial charge on any atom is 0.387 e. The lowest BCUT2D eigenvalue weighted by atomic mass is 10.1. The van der Waals surface area contributed by atoms with Crippen molar-refractivity contribution in [2.75, 3.05) is 11.8 Å². The highest BCUT2D eigenvalue weighted by Gasteiger charge is 2.17. The molecule has 0 bridgehead atoms. The molecule has 0 spiro atoms. The first-order valence-electron chi connectivity index (χ1n) is 7.67. The third-order valence-electron chi connectivity index (χ3n) is 3.49.